The maximum absolute atomic E-state index is 9.99. The van der Waals surface area contributed by atoms with Gasteiger partial charge < -0.3 is 4.74 Å². The minimum absolute atomic E-state index is 0.715. The average Bonchev–Trinajstić information content (AvgIpc) is 2.24. The lowest BCUT2D eigenvalue weighted by atomic mass is 10.2. The van der Waals surface area contributed by atoms with Crippen LogP contribution in [-0.2, 0) is 4.79 Å². The smallest absolute Gasteiger partial charge is 0.225 e. The van der Waals surface area contributed by atoms with Crippen LogP contribution in [0.1, 0.15) is 18.9 Å². The Hall–Kier alpha value is -1.57. The molecule has 1 rings (SSSR count). The van der Waals surface area contributed by atoms with Crippen LogP contribution in [0.25, 0.3) is 6.08 Å². The molecule has 73 valence electrons. The number of allylic oxidation sites excluding steroid dienone is 1. The quantitative estimate of drug-likeness (QED) is 0.665. The first-order chi connectivity index (χ1) is 6.86. The van der Waals surface area contributed by atoms with Crippen molar-refractivity contribution < 1.29 is 9.53 Å². The summed E-state index contributed by atoms with van der Waals surface area (Å²) in [6, 6.07) is 7.60. The van der Waals surface area contributed by atoms with Gasteiger partial charge in [0.2, 0.25) is 6.29 Å². The Kier molecular flexibility index (Phi) is 4.48. The molecule has 2 nitrogen and oxygen atoms in total. The third-order valence-corrected chi connectivity index (χ3v) is 1.67. The largest absolute Gasteiger partial charge is 0.494 e. The van der Waals surface area contributed by atoms with Crippen LogP contribution in [0.2, 0.25) is 0 Å². The first-order valence-electron chi connectivity index (χ1n) is 4.64. The zero-order valence-electron chi connectivity index (χ0n) is 8.19. The molecule has 1 radical (unpaired) electrons. The maximum Gasteiger partial charge on any atom is 0.225 e. The Morgan fingerprint density at radius 1 is 1.50 bits per heavy atom. The predicted octanol–water partition coefficient (Wildman–Crippen LogP) is 2.60. The monoisotopic (exact) mass is 189 g/mol. The van der Waals surface area contributed by atoms with Gasteiger partial charge in [-0.15, -0.1) is 0 Å². The zero-order chi connectivity index (χ0) is 10.2. The molecule has 0 aliphatic rings. The summed E-state index contributed by atoms with van der Waals surface area (Å²) in [6.45, 7) is 2.78. The second-order valence-corrected chi connectivity index (χ2v) is 2.87. The molecule has 0 bridgehead atoms. The molecule has 0 saturated carbocycles. The van der Waals surface area contributed by atoms with Crippen molar-refractivity contribution in [1.29, 1.82) is 0 Å². The van der Waals surface area contributed by atoms with Gasteiger partial charge in [-0.25, -0.2) is 0 Å². The van der Waals surface area contributed by atoms with Crippen LogP contribution in [0.4, 0.5) is 0 Å². The van der Waals surface area contributed by atoms with E-state index >= 15 is 0 Å². The second kappa shape index (κ2) is 5.97. The molecule has 0 aliphatic heterocycles. The van der Waals surface area contributed by atoms with Crippen molar-refractivity contribution in [3.05, 3.63) is 35.9 Å². The topological polar surface area (TPSA) is 26.3 Å². The van der Waals surface area contributed by atoms with E-state index in [1.165, 1.54) is 6.08 Å². The molecule has 0 spiro atoms. The van der Waals surface area contributed by atoms with Crippen LogP contribution in [0.15, 0.2) is 30.3 Å². The highest BCUT2D eigenvalue weighted by Crippen LogP contribution is 2.14. The summed E-state index contributed by atoms with van der Waals surface area (Å²) in [5, 5.41) is 0. The van der Waals surface area contributed by atoms with Crippen molar-refractivity contribution in [2.45, 2.75) is 13.3 Å². The number of rotatable bonds is 5. The molecule has 0 unspecified atom stereocenters. The van der Waals surface area contributed by atoms with E-state index < -0.39 is 0 Å². The summed E-state index contributed by atoms with van der Waals surface area (Å²) in [4.78, 5) is 9.99. The standard InChI is InChI=1S/C12H13O2/c1-2-9-14-12-7-3-5-11(10-12)6-4-8-13/h3-7,10H,2,9H2,1H3/b6-4+. The van der Waals surface area contributed by atoms with Crippen molar-refractivity contribution >= 4 is 12.4 Å². The van der Waals surface area contributed by atoms with E-state index in [9.17, 15) is 4.79 Å². The molecule has 2 heteroatoms. The van der Waals surface area contributed by atoms with Gasteiger partial charge in [-0.3, -0.25) is 4.79 Å². The summed E-state index contributed by atoms with van der Waals surface area (Å²) < 4.78 is 5.44. The SMILES string of the molecule is CCCOc1cccc(/C=C/[C]=O)c1. The third-order valence-electron chi connectivity index (χ3n) is 1.67. The van der Waals surface area contributed by atoms with Gasteiger partial charge in [-0.1, -0.05) is 25.1 Å². The molecular formula is C12H13O2. The maximum atomic E-state index is 9.99. The highest BCUT2D eigenvalue weighted by molar-refractivity contribution is 5.74. The lowest BCUT2D eigenvalue weighted by Crippen LogP contribution is -1.94. The van der Waals surface area contributed by atoms with E-state index in [1.807, 2.05) is 24.3 Å². The van der Waals surface area contributed by atoms with Gasteiger partial charge in [0.05, 0.1) is 6.61 Å². The Bertz CT molecular complexity index is 316. The number of hydrogen-bond acceptors (Lipinski definition) is 2. The van der Waals surface area contributed by atoms with Crippen LogP contribution < -0.4 is 4.74 Å². The summed E-state index contributed by atoms with van der Waals surface area (Å²) >= 11 is 0. The van der Waals surface area contributed by atoms with E-state index in [2.05, 4.69) is 6.92 Å². The fraction of sp³-hybridized carbons (Fsp3) is 0.250. The highest BCUT2D eigenvalue weighted by atomic mass is 16.5. The highest BCUT2D eigenvalue weighted by Gasteiger charge is 1.92. The molecule has 0 aromatic heterocycles. The minimum atomic E-state index is 0.715. The van der Waals surface area contributed by atoms with Crippen LogP contribution >= 0.6 is 0 Å². The van der Waals surface area contributed by atoms with Crippen LogP contribution in [0.3, 0.4) is 0 Å². The molecule has 0 amide bonds. The first-order valence-corrected chi connectivity index (χ1v) is 4.64. The minimum Gasteiger partial charge on any atom is -0.494 e. The molecule has 1 aromatic carbocycles. The lowest BCUT2D eigenvalue weighted by molar-refractivity contribution is 0.317. The summed E-state index contributed by atoms with van der Waals surface area (Å²) in [6.07, 6.45) is 5.74. The zero-order valence-corrected chi connectivity index (χ0v) is 8.19. The van der Waals surface area contributed by atoms with Gasteiger partial charge in [0.15, 0.2) is 0 Å². The van der Waals surface area contributed by atoms with Crippen molar-refractivity contribution in [2.75, 3.05) is 6.61 Å². The summed E-state index contributed by atoms with van der Waals surface area (Å²) in [7, 11) is 0. The van der Waals surface area contributed by atoms with Crippen molar-refractivity contribution in [3.63, 3.8) is 0 Å². The van der Waals surface area contributed by atoms with Gasteiger partial charge in [-0.05, 0) is 30.2 Å². The molecule has 0 N–H and O–H groups in total. The summed E-state index contributed by atoms with van der Waals surface area (Å²) in [5.74, 6) is 0.833. The molecule has 0 fully saturated rings. The molecule has 1 aromatic rings. The molecule has 14 heavy (non-hydrogen) atoms. The van der Waals surface area contributed by atoms with Gasteiger partial charge in [0.25, 0.3) is 0 Å². The van der Waals surface area contributed by atoms with Gasteiger partial charge in [-0.2, -0.15) is 0 Å². The lowest BCUT2D eigenvalue weighted by Gasteiger charge is -2.04. The van der Waals surface area contributed by atoms with Gasteiger partial charge >= 0.3 is 0 Å². The van der Waals surface area contributed by atoms with E-state index in [0.717, 1.165) is 17.7 Å². The number of hydrogen-bond donors (Lipinski definition) is 0. The Morgan fingerprint density at radius 3 is 3.07 bits per heavy atom. The average molecular weight is 189 g/mol. The second-order valence-electron chi connectivity index (χ2n) is 2.87. The van der Waals surface area contributed by atoms with Crippen molar-refractivity contribution in [2.24, 2.45) is 0 Å². The van der Waals surface area contributed by atoms with E-state index in [1.54, 1.807) is 12.4 Å². The summed E-state index contributed by atoms with van der Waals surface area (Å²) in [5.41, 5.74) is 0.946. The fourth-order valence-electron chi connectivity index (χ4n) is 1.06. The number of carbonyl (C=O) groups excluding carboxylic acids is 1. The van der Waals surface area contributed by atoms with Crippen molar-refractivity contribution in [1.82, 2.24) is 0 Å². The predicted molar refractivity (Wildman–Crippen MR) is 57.0 cm³/mol. The molecular weight excluding hydrogens is 176 g/mol. The number of ether oxygens (including phenoxy) is 1. The fourth-order valence-corrected chi connectivity index (χ4v) is 1.06. The van der Waals surface area contributed by atoms with Gasteiger partial charge in [0.1, 0.15) is 5.75 Å². The number of benzene rings is 1. The third kappa shape index (κ3) is 3.44. The normalized spacial score (nSPS) is 10.4. The first kappa shape index (κ1) is 10.5. The van der Waals surface area contributed by atoms with E-state index in [-0.39, 0.29) is 0 Å². The Labute approximate surface area is 84.2 Å². The Balaban J connectivity index is 2.68. The van der Waals surface area contributed by atoms with Crippen molar-refractivity contribution in [3.8, 4) is 5.75 Å². The van der Waals surface area contributed by atoms with E-state index in [0.29, 0.717) is 6.61 Å². The van der Waals surface area contributed by atoms with Crippen LogP contribution in [0, 0.1) is 0 Å². The Morgan fingerprint density at radius 2 is 2.36 bits per heavy atom. The van der Waals surface area contributed by atoms with E-state index in [4.69, 9.17) is 4.74 Å². The van der Waals surface area contributed by atoms with Crippen LogP contribution in [-0.4, -0.2) is 12.9 Å². The van der Waals surface area contributed by atoms with Crippen LogP contribution in [0.5, 0.6) is 5.75 Å². The molecule has 0 aliphatic carbocycles. The molecule has 0 saturated heterocycles. The molecule has 0 heterocycles. The molecule has 0 atom stereocenters. The van der Waals surface area contributed by atoms with Gasteiger partial charge in [0, 0.05) is 0 Å².